The summed E-state index contributed by atoms with van der Waals surface area (Å²) in [7, 11) is -2.33. The van der Waals surface area contributed by atoms with E-state index in [-0.39, 0.29) is 55.8 Å². The molecule has 0 aliphatic rings. The number of aliphatic carboxylic acids is 1. The summed E-state index contributed by atoms with van der Waals surface area (Å²) in [5.74, 6) is -1.99. The van der Waals surface area contributed by atoms with Gasteiger partial charge in [0.25, 0.3) is 0 Å². The summed E-state index contributed by atoms with van der Waals surface area (Å²) in [6, 6.07) is 5.35. The predicted molar refractivity (Wildman–Crippen MR) is 112 cm³/mol. The average molecular weight is 479 g/mol. The zero-order valence-electron chi connectivity index (χ0n) is 17.0. The Labute approximate surface area is 209 Å². The number of aliphatic hydroxyl groups excluding tert-OH is 2. The molecule has 0 amide bonds. The van der Waals surface area contributed by atoms with Crippen LogP contribution in [0, 0.1) is 5.82 Å². The van der Waals surface area contributed by atoms with E-state index in [4.69, 9.17) is 0 Å². The SMILES string of the molecule is CN(c1ncc(/C=C\[C@@H](O)C[C@@H](O)CC(=O)[O-])c(-c2ccc(F)cc2)n1)S(C)(=O)=O.[Ca+2]. The first-order chi connectivity index (χ1) is 14.0. The van der Waals surface area contributed by atoms with Crippen LogP contribution >= 0.6 is 0 Å². The zero-order chi connectivity index (χ0) is 22.5. The fourth-order valence-electron chi connectivity index (χ4n) is 2.49. The van der Waals surface area contributed by atoms with Crippen LogP contribution in [0.3, 0.4) is 0 Å². The third kappa shape index (κ3) is 8.43. The number of nitrogens with zero attached hydrogens (tertiary/aromatic N) is 3. The van der Waals surface area contributed by atoms with Gasteiger partial charge >= 0.3 is 37.7 Å². The molecule has 0 aliphatic carbocycles. The third-order valence-electron chi connectivity index (χ3n) is 4.11. The molecule has 0 fully saturated rings. The maximum atomic E-state index is 13.3. The molecule has 12 heteroatoms. The van der Waals surface area contributed by atoms with Gasteiger partial charge in [-0.25, -0.2) is 27.1 Å². The van der Waals surface area contributed by atoms with Gasteiger partial charge in [0.2, 0.25) is 16.0 Å². The van der Waals surface area contributed by atoms with Crippen LogP contribution in [0.15, 0.2) is 36.5 Å². The number of hydrogen-bond donors (Lipinski definition) is 2. The van der Waals surface area contributed by atoms with Gasteiger partial charge in [-0.1, -0.05) is 12.2 Å². The van der Waals surface area contributed by atoms with Crippen LogP contribution in [-0.2, 0) is 14.8 Å². The molecule has 2 N–H and O–H groups in total. The molecule has 0 aliphatic heterocycles. The molecule has 31 heavy (non-hydrogen) atoms. The maximum absolute atomic E-state index is 13.3. The van der Waals surface area contributed by atoms with Crippen LogP contribution < -0.4 is 9.41 Å². The number of halogens is 1. The molecular weight excluding hydrogens is 457 g/mol. The van der Waals surface area contributed by atoms with E-state index in [1.165, 1.54) is 49.7 Å². The number of hydrogen-bond acceptors (Lipinski definition) is 8. The van der Waals surface area contributed by atoms with Gasteiger partial charge in [0.05, 0.1) is 24.2 Å². The molecule has 1 aromatic heterocycles. The fraction of sp³-hybridized carbons (Fsp3) is 0.316. The summed E-state index contributed by atoms with van der Waals surface area (Å²) in [4.78, 5) is 18.8. The largest absolute Gasteiger partial charge is 2.00 e. The van der Waals surface area contributed by atoms with Crippen LogP contribution in [0.1, 0.15) is 18.4 Å². The van der Waals surface area contributed by atoms with Gasteiger partial charge in [0.15, 0.2) is 0 Å². The monoisotopic (exact) mass is 478 g/mol. The van der Waals surface area contributed by atoms with Crippen LogP contribution in [0.2, 0.25) is 0 Å². The van der Waals surface area contributed by atoms with Gasteiger partial charge < -0.3 is 20.1 Å². The second kappa shape index (κ2) is 11.8. The Balaban J connectivity index is 0.00000480. The van der Waals surface area contributed by atoms with Crippen molar-refractivity contribution in [3.05, 3.63) is 47.9 Å². The molecule has 162 valence electrons. The Kier molecular flexibility index (Phi) is 10.5. The average Bonchev–Trinajstić information content (AvgIpc) is 2.65. The second-order valence-electron chi connectivity index (χ2n) is 6.60. The van der Waals surface area contributed by atoms with E-state index in [1.807, 2.05) is 0 Å². The first-order valence-electron chi connectivity index (χ1n) is 8.78. The van der Waals surface area contributed by atoms with Crippen molar-refractivity contribution in [2.45, 2.75) is 25.0 Å². The van der Waals surface area contributed by atoms with Crippen molar-refractivity contribution in [2.24, 2.45) is 0 Å². The molecule has 0 saturated carbocycles. The van der Waals surface area contributed by atoms with Gasteiger partial charge in [0, 0.05) is 43.2 Å². The summed E-state index contributed by atoms with van der Waals surface area (Å²) >= 11 is 0. The minimum absolute atomic E-state index is 0. The maximum Gasteiger partial charge on any atom is 2.00 e. The van der Waals surface area contributed by atoms with Gasteiger partial charge in [-0.15, -0.1) is 0 Å². The molecule has 1 heterocycles. The Bertz CT molecular complexity index is 1030. The summed E-state index contributed by atoms with van der Waals surface area (Å²) in [5, 5.41) is 30.1. The van der Waals surface area contributed by atoms with Crippen LogP contribution in [0.4, 0.5) is 10.3 Å². The minimum atomic E-state index is -3.61. The van der Waals surface area contributed by atoms with Crippen LogP contribution in [0.5, 0.6) is 0 Å². The number of anilines is 1. The van der Waals surface area contributed by atoms with E-state index in [9.17, 15) is 32.9 Å². The molecule has 0 radical (unpaired) electrons. The first-order valence-corrected chi connectivity index (χ1v) is 10.6. The van der Waals surface area contributed by atoms with Gasteiger partial charge in [0.1, 0.15) is 5.82 Å². The number of rotatable bonds is 9. The summed E-state index contributed by atoms with van der Waals surface area (Å²) in [6.45, 7) is 0. The van der Waals surface area contributed by atoms with Gasteiger partial charge in [-0.2, -0.15) is 0 Å². The summed E-state index contributed by atoms with van der Waals surface area (Å²) in [5.41, 5.74) is 1.16. The molecule has 0 bridgehead atoms. The number of benzene rings is 1. The number of carbonyl (C=O) groups is 1. The Morgan fingerprint density at radius 1 is 1.29 bits per heavy atom. The number of aliphatic hydroxyl groups is 2. The van der Waals surface area contributed by atoms with E-state index in [0.717, 1.165) is 10.6 Å². The number of aromatic nitrogens is 2. The first kappa shape index (κ1) is 27.4. The van der Waals surface area contributed by atoms with Gasteiger partial charge in [-0.05, 0) is 24.3 Å². The molecule has 2 rings (SSSR count). The van der Waals surface area contributed by atoms with Crippen molar-refractivity contribution in [2.75, 3.05) is 17.6 Å². The van der Waals surface area contributed by atoms with E-state index < -0.39 is 40.4 Å². The molecule has 0 unspecified atom stereocenters. The van der Waals surface area contributed by atoms with Crippen molar-refractivity contribution in [3.63, 3.8) is 0 Å². The van der Waals surface area contributed by atoms with Crippen molar-refractivity contribution in [3.8, 4) is 11.3 Å². The third-order valence-corrected chi connectivity index (χ3v) is 5.27. The zero-order valence-corrected chi connectivity index (χ0v) is 20.0. The fourth-order valence-corrected chi connectivity index (χ4v) is 2.88. The molecular formula is C19H21CaFN3O6S+. The number of carbonyl (C=O) groups excluding carboxylic acids is 1. The second-order valence-corrected chi connectivity index (χ2v) is 8.62. The van der Waals surface area contributed by atoms with E-state index in [1.54, 1.807) is 0 Å². The standard InChI is InChI=1S/C19H22FN3O6S.Ca/c1-23(30(2,28)29)19-21-11-13(5-8-15(24)9-16(25)10-17(26)27)18(22-19)12-3-6-14(20)7-4-12;/h3-8,11,15-16,24-25H,9-10H2,1-2H3,(H,26,27);/q;+2/p-1/b8-5-;/t15-,16-;/m1./s1. The van der Waals surface area contributed by atoms with Crippen LogP contribution in [0.25, 0.3) is 17.3 Å². The number of carboxylic acids is 1. The molecule has 1 aromatic carbocycles. The molecule has 0 spiro atoms. The van der Waals surface area contributed by atoms with Crippen molar-refractivity contribution >= 4 is 65.8 Å². The Morgan fingerprint density at radius 2 is 1.90 bits per heavy atom. The van der Waals surface area contributed by atoms with E-state index >= 15 is 0 Å². The predicted octanol–water partition coefficient (Wildman–Crippen LogP) is -0.437. The number of sulfonamides is 1. The number of carboxylic acid groups (broad SMARTS) is 1. The van der Waals surface area contributed by atoms with Crippen molar-refractivity contribution < 1.29 is 32.9 Å². The minimum Gasteiger partial charge on any atom is -0.550 e. The molecule has 2 aromatic rings. The van der Waals surface area contributed by atoms with Crippen molar-refractivity contribution in [1.29, 1.82) is 0 Å². The molecule has 9 nitrogen and oxygen atoms in total. The van der Waals surface area contributed by atoms with Crippen LogP contribution in [-0.4, -0.2) is 97.8 Å². The normalized spacial score (nSPS) is 13.5. The quantitative estimate of drug-likeness (QED) is 0.462. The topological polar surface area (TPSA) is 144 Å². The van der Waals surface area contributed by atoms with Crippen molar-refractivity contribution in [1.82, 2.24) is 9.97 Å². The smallest absolute Gasteiger partial charge is 0.550 e. The molecule has 0 saturated heterocycles. The van der Waals surface area contributed by atoms with Gasteiger partial charge in [-0.3, -0.25) is 0 Å². The summed E-state index contributed by atoms with van der Waals surface area (Å²) < 4.78 is 37.7. The van der Waals surface area contributed by atoms with E-state index in [2.05, 4.69) is 9.97 Å². The Hall–Kier alpha value is -1.63. The Morgan fingerprint density at radius 3 is 2.45 bits per heavy atom. The summed E-state index contributed by atoms with van der Waals surface area (Å²) in [6.07, 6.45) is 1.79. The van der Waals surface area contributed by atoms with E-state index in [0.29, 0.717) is 11.1 Å². The molecule has 2 atom stereocenters.